The van der Waals surface area contributed by atoms with Crippen LogP contribution in [-0.2, 0) is 9.53 Å². The Morgan fingerprint density at radius 3 is 2.76 bits per heavy atom. The van der Waals surface area contributed by atoms with E-state index in [-0.39, 0.29) is 17.9 Å². The minimum atomic E-state index is -0.367. The highest BCUT2D eigenvalue weighted by Gasteiger charge is 2.34. The minimum Gasteiger partial charge on any atom is -0.370 e. The molecule has 0 saturated carbocycles. The molecule has 2 saturated heterocycles. The number of carbonyl (C=O) groups excluding carboxylic acids is 2. The molecule has 0 radical (unpaired) electrons. The van der Waals surface area contributed by atoms with E-state index in [0.29, 0.717) is 23.7 Å². The lowest BCUT2D eigenvalue weighted by molar-refractivity contribution is -0.908. The van der Waals surface area contributed by atoms with Gasteiger partial charge in [0.25, 0.3) is 5.91 Å². The number of nitrogens with zero attached hydrogens (tertiary/aromatic N) is 1. The van der Waals surface area contributed by atoms with Crippen molar-refractivity contribution >= 4 is 23.6 Å². The van der Waals surface area contributed by atoms with Gasteiger partial charge in [-0.3, -0.25) is 9.59 Å². The lowest BCUT2D eigenvalue weighted by Crippen LogP contribution is -3.14. The van der Waals surface area contributed by atoms with E-state index in [4.69, 9.17) is 4.74 Å². The summed E-state index contributed by atoms with van der Waals surface area (Å²) in [5.41, 5.74) is 0.638. The first-order valence-electron chi connectivity index (χ1n) is 8.88. The highest BCUT2D eigenvalue weighted by molar-refractivity contribution is 7.99. The molecule has 7 heteroatoms. The van der Waals surface area contributed by atoms with Crippen LogP contribution in [0.1, 0.15) is 16.8 Å². The molecule has 2 aliphatic heterocycles. The highest BCUT2D eigenvalue weighted by atomic mass is 32.2. The van der Waals surface area contributed by atoms with Crippen molar-refractivity contribution in [3.05, 3.63) is 35.9 Å². The van der Waals surface area contributed by atoms with Crippen LogP contribution in [0.15, 0.2) is 30.3 Å². The van der Waals surface area contributed by atoms with E-state index in [2.05, 4.69) is 5.32 Å². The summed E-state index contributed by atoms with van der Waals surface area (Å²) in [6.45, 7) is 5.47. The Kier molecular flexibility index (Phi) is 6.72. The van der Waals surface area contributed by atoms with Crippen LogP contribution >= 0.6 is 11.8 Å². The SMILES string of the molecule is O=C(NCCC[NH+]1CCOCC1)[C@H]1CSCN1C(=O)c1ccccc1. The molecule has 2 N–H and O–H groups in total. The predicted molar refractivity (Wildman–Crippen MR) is 97.7 cm³/mol. The molecule has 0 spiro atoms. The number of rotatable bonds is 6. The topological polar surface area (TPSA) is 63.1 Å². The molecule has 2 fully saturated rings. The van der Waals surface area contributed by atoms with Gasteiger partial charge in [-0.2, -0.15) is 0 Å². The van der Waals surface area contributed by atoms with Crippen molar-refractivity contribution in [2.24, 2.45) is 0 Å². The summed E-state index contributed by atoms with van der Waals surface area (Å²) in [5.74, 6) is 1.14. The second-order valence-electron chi connectivity index (χ2n) is 6.41. The average molecular weight is 364 g/mol. The molecular weight excluding hydrogens is 338 g/mol. The molecule has 1 aromatic rings. The lowest BCUT2D eigenvalue weighted by Gasteiger charge is -2.25. The number of hydrogen-bond donors (Lipinski definition) is 2. The van der Waals surface area contributed by atoms with Gasteiger partial charge in [0.2, 0.25) is 5.91 Å². The Bertz CT molecular complexity index is 578. The van der Waals surface area contributed by atoms with E-state index >= 15 is 0 Å². The Morgan fingerprint density at radius 2 is 2.00 bits per heavy atom. The van der Waals surface area contributed by atoms with Crippen LogP contribution in [0.2, 0.25) is 0 Å². The molecule has 0 bridgehead atoms. The van der Waals surface area contributed by atoms with Gasteiger partial charge in [-0.1, -0.05) is 18.2 Å². The maximum Gasteiger partial charge on any atom is 0.255 e. The van der Waals surface area contributed by atoms with Crippen LogP contribution < -0.4 is 10.2 Å². The second-order valence-corrected chi connectivity index (χ2v) is 7.41. The molecule has 2 amide bonds. The Hall–Kier alpha value is -1.57. The molecule has 6 nitrogen and oxygen atoms in total. The molecule has 0 aliphatic carbocycles. The summed E-state index contributed by atoms with van der Waals surface area (Å²) in [5, 5.41) is 3.01. The van der Waals surface area contributed by atoms with Crippen molar-refractivity contribution in [2.45, 2.75) is 12.5 Å². The third kappa shape index (κ3) is 4.96. The van der Waals surface area contributed by atoms with Crippen LogP contribution in [-0.4, -0.2) is 73.8 Å². The van der Waals surface area contributed by atoms with Crippen LogP contribution in [0.25, 0.3) is 0 Å². The smallest absolute Gasteiger partial charge is 0.255 e. The van der Waals surface area contributed by atoms with Gasteiger partial charge in [-0.25, -0.2) is 0 Å². The van der Waals surface area contributed by atoms with Gasteiger partial charge in [-0.15, -0.1) is 11.8 Å². The van der Waals surface area contributed by atoms with Crippen molar-refractivity contribution in [1.29, 1.82) is 0 Å². The van der Waals surface area contributed by atoms with Crippen LogP contribution in [0.3, 0.4) is 0 Å². The maximum atomic E-state index is 12.6. The van der Waals surface area contributed by atoms with E-state index in [9.17, 15) is 9.59 Å². The summed E-state index contributed by atoms with van der Waals surface area (Å²) >= 11 is 1.63. The number of nitrogens with one attached hydrogen (secondary N) is 2. The number of hydrogen-bond acceptors (Lipinski definition) is 4. The van der Waals surface area contributed by atoms with E-state index < -0.39 is 0 Å². The molecule has 136 valence electrons. The fourth-order valence-corrected chi connectivity index (χ4v) is 4.34. The number of benzene rings is 1. The molecule has 1 aromatic carbocycles. The largest absolute Gasteiger partial charge is 0.370 e. The van der Waals surface area contributed by atoms with E-state index in [1.54, 1.807) is 28.8 Å². The molecule has 0 unspecified atom stereocenters. The Labute approximate surface area is 152 Å². The van der Waals surface area contributed by atoms with Gasteiger partial charge < -0.3 is 19.9 Å². The zero-order chi connectivity index (χ0) is 17.5. The van der Waals surface area contributed by atoms with Gasteiger partial charge in [0.15, 0.2) is 0 Å². The molecule has 1 atom stereocenters. The quantitative estimate of drug-likeness (QED) is 0.676. The van der Waals surface area contributed by atoms with E-state index in [1.807, 2.05) is 18.2 Å². The monoisotopic (exact) mass is 364 g/mol. The van der Waals surface area contributed by atoms with E-state index in [0.717, 1.165) is 39.3 Å². The normalized spacial score (nSPS) is 21.3. The van der Waals surface area contributed by atoms with Gasteiger partial charge in [-0.05, 0) is 12.1 Å². The summed E-state index contributed by atoms with van der Waals surface area (Å²) < 4.78 is 5.35. The molecule has 25 heavy (non-hydrogen) atoms. The zero-order valence-electron chi connectivity index (χ0n) is 14.4. The van der Waals surface area contributed by atoms with Crippen molar-refractivity contribution < 1.29 is 19.2 Å². The average Bonchev–Trinajstić information content (AvgIpc) is 3.16. The Balaban J connectivity index is 1.45. The fraction of sp³-hybridized carbons (Fsp3) is 0.556. The third-order valence-corrected chi connectivity index (χ3v) is 5.68. The second kappa shape index (κ2) is 9.22. The third-order valence-electron chi connectivity index (χ3n) is 4.67. The first kappa shape index (κ1) is 18.2. The summed E-state index contributed by atoms with van der Waals surface area (Å²) in [6.07, 6.45) is 0.952. The highest BCUT2D eigenvalue weighted by Crippen LogP contribution is 2.23. The number of carbonyl (C=O) groups is 2. The summed E-state index contributed by atoms with van der Waals surface area (Å²) in [6, 6.07) is 8.81. The molecule has 3 rings (SSSR count). The van der Waals surface area contributed by atoms with Gasteiger partial charge in [0.05, 0.1) is 25.6 Å². The number of ether oxygens (including phenoxy) is 1. The van der Waals surface area contributed by atoms with Crippen LogP contribution in [0.5, 0.6) is 0 Å². The molecule has 0 aromatic heterocycles. The Morgan fingerprint density at radius 1 is 1.24 bits per heavy atom. The molecule has 2 aliphatic rings. The van der Waals surface area contributed by atoms with Crippen LogP contribution in [0, 0.1) is 0 Å². The van der Waals surface area contributed by atoms with Crippen molar-refractivity contribution in [3.8, 4) is 0 Å². The van der Waals surface area contributed by atoms with Gasteiger partial charge >= 0.3 is 0 Å². The van der Waals surface area contributed by atoms with Crippen molar-refractivity contribution in [2.75, 3.05) is 51.0 Å². The fourth-order valence-electron chi connectivity index (χ4n) is 3.18. The first-order valence-corrected chi connectivity index (χ1v) is 10.0. The standard InChI is InChI=1S/C18H25N3O3S/c22-17(19-7-4-8-20-9-11-24-12-10-20)16-13-25-14-21(16)18(23)15-5-2-1-3-6-15/h1-3,5-6,16H,4,7-14H2,(H,19,22)/p+1/t16-/m1/s1. The summed E-state index contributed by atoms with van der Waals surface area (Å²) in [7, 11) is 0. The molecule has 2 heterocycles. The zero-order valence-corrected chi connectivity index (χ0v) is 15.2. The number of morpholine rings is 1. The maximum absolute atomic E-state index is 12.6. The van der Waals surface area contributed by atoms with Crippen LogP contribution in [0.4, 0.5) is 0 Å². The predicted octanol–water partition coefficient (Wildman–Crippen LogP) is -0.377. The van der Waals surface area contributed by atoms with Crippen molar-refractivity contribution in [1.82, 2.24) is 10.2 Å². The number of amides is 2. The summed E-state index contributed by atoms with van der Waals surface area (Å²) in [4.78, 5) is 28.3. The van der Waals surface area contributed by atoms with Crippen molar-refractivity contribution in [3.63, 3.8) is 0 Å². The number of quaternary nitrogens is 1. The van der Waals surface area contributed by atoms with E-state index in [1.165, 1.54) is 4.90 Å². The number of thioether (sulfide) groups is 1. The van der Waals surface area contributed by atoms with Gasteiger partial charge in [0, 0.05) is 24.3 Å². The minimum absolute atomic E-state index is 0.0359. The van der Waals surface area contributed by atoms with Gasteiger partial charge in [0.1, 0.15) is 19.1 Å². The lowest BCUT2D eigenvalue weighted by atomic mass is 10.1. The molecular formula is C18H26N3O3S+. The first-order chi connectivity index (χ1) is 12.3.